The number of carbonyl (C=O) groups excluding carboxylic acids is 3. The van der Waals surface area contributed by atoms with Gasteiger partial charge in [0.2, 0.25) is 0 Å². The number of esters is 2. The van der Waals surface area contributed by atoms with Gasteiger partial charge in [-0.3, -0.25) is 23.4 Å². The number of unbranched alkanes of at least 4 members (excludes halogenated alkanes) is 11. The fourth-order valence-electron chi connectivity index (χ4n) is 5.28. The molecule has 0 aliphatic heterocycles. The quantitative estimate of drug-likeness (QED) is 0.0123. The van der Waals surface area contributed by atoms with E-state index in [2.05, 4.69) is 68.5 Å². The molecule has 326 valence electrons. The summed E-state index contributed by atoms with van der Waals surface area (Å²) in [5.74, 6) is -0.804. The number of phosphoric ester groups is 1. The topological polar surface area (TPSA) is 125 Å². The van der Waals surface area contributed by atoms with Crippen LogP contribution in [0.25, 0.3) is 0 Å². The van der Waals surface area contributed by atoms with Crippen molar-refractivity contribution in [2.24, 2.45) is 0 Å². The molecule has 1 unspecified atom stereocenters. The Balaban J connectivity index is 4.52. The van der Waals surface area contributed by atoms with E-state index in [-0.39, 0.29) is 31.8 Å². The van der Waals surface area contributed by atoms with Gasteiger partial charge in [-0.1, -0.05) is 126 Å². The van der Waals surface area contributed by atoms with Gasteiger partial charge in [-0.05, 0) is 76.7 Å². The van der Waals surface area contributed by atoms with Gasteiger partial charge in [0.15, 0.2) is 11.9 Å². The molecule has 0 aromatic carbocycles. The lowest BCUT2D eigenvalue weighted by molar-refractivity contribution is -0.870. The number of ether oxygens (including phenoxy) is 2. The Kier molecular flexibility index (Phi) is 35.5. The second kappa shape index (κ2) is 37.4. The maximum Gasteiger partial charge on any atom is 0.472 e. The number of hydrogen-bond donors (Lipinski definition) is 1. The minimum absolute atomic E-state index is 0.00318. The van der Waals surface area contributed by atoms with Gasteiger partial charge in [0, 0.05) is 19.3 Å². The van der Waals surface area contributed by atoms with Gasteiger partial charge in [0.1, 0.15) is 19.8 Å². The lowest BCUT2D eigenvalue weighted by atomic mass is 10.1. The highest BCUT2D eigenvalue weighted by molar-refractivity contribution is 7.47. The summed E-state index contributed by atoms with van der Waals surface area (Å²) in [6.45, 7) is 4.06. The molecular formula is C46H79NO9P+. The van der Waals surface area contributed by atoms with Crippen molar-refractivity contribution in [3.8, 4) is 0 Å². The van der Waals surface area contributed by atoms with Crippen molar-refractivity contribution in [3.63, 3.8) is 0 Å². The van der Waals surface area contributed by atoms with E-state index < -0.39 is 32.5 Å². The van der Waals surface area contributed by atoms with Crippen LogP contribution in [0.4, 0.5) is 0 Å². The van der Waals surface area contributed by atoms with E-state index in [4.69, 9.17) is 18.5 Å². The molecule has 0 fully saturated rings. The van der Waals surface area contributed by atoms with Crippen molar-refractivity contribution in [2.75, 3.05) is 47.5 Å². The third-order valence-corrected chi connectivity index (χ3v) is 9.68. The van der Waals surface area contributed by atoms with Crippen LogP contribution in [0.1, 0.15) is 149 Å². The number of likely N-dealkylation sites (N-methyl/N-ethyl adjacent to an activating group) is 1. The third kappa shape index (κ3) is 41.1. The van der Waals surface area contributed by atoms with E-state index in [1.807, 2.05) is 33.3 Å². The van der Waals surface area contributed by atoms with Gasteiger partial charge in [0.25, 0.3) is 0 Å². The molecule has 1 N–H and O–H groups in total. The Morgan fingerprint density at radius 3 is 1.79 bits per heavy atom. The molecule has 10 nitrogen and oxygen atoms in total. The molecular weight excluding hydrogens is 741 g/mol. The predicted octanol–water partition coefficient (Wildman–Crippen LogP) is 11.4. The summed E-state index contributed by atoms with van der Waals surface area (Å²) in [7, 11) is 1.38. The van der Waals surface area contributed by atoms with Crippen LogP contribution in [0.5, 0.6) is 0 Å². The van der Waals surface area contributed by atoms with E-state index >= 15 is 0 Å². The Labute approximate surface area is 346 Å². The number of carbonyl (C=O) groups is 3. The lowest BCUT2D eigenvalue weighted by Gasteiger charge is -2.24. The third-order valence-electron chi connectivity index (χ3n) is 8.70. The van der Waals surface area contributed by atoms with E-state index in [0.717, 1.165) is 83.5 Å². The van der Waals surface area contributed by atoms with Crippen LogP contribution in [-0.4, -0.2) is 80.7 Å². The minimum atomic E-state index is -4.41. The van der Waals surface area contributed by atoms with Gasteiger partial charge in [-0.15, -0.1) is 0 Å². The second-order valence-corrected chi connectivity index (χ2v) is 16.8. The van der Waals surface area contributed by atoms with Gasteiger partial charge in [-0.25, -0.2) is 4.57 Å². The number of nitrogens with zero attached hydrogens (tertiary/aromatic N) is 1. The zero-order chi connectivity index (χ0) is 42.3. The second-order valence-electron chi connectivity index (χ2n) is 15.4. The average molecular weight is 821 g/mol. The first-order valence-electron chi connectivity index (χ1n) is 21.6. The summed E-state index contributed by atoms with van der Waals surface area (Å²) in [6.07, 6.45) is 42.0. The van der Waals surface area contributed by atoms with Gasteiger partial charge in [0.05, 0.1) is 27.7 Å². The molecule has 2 atom stereocenters. The molecule has 0 saturated carbocycles. The highest BCUT2D eigenvalue weighted by Gasteiger charge is 2.27. The molecule has 0 aromatic rings. The Morgan fingerprint density at radius 1 is 0.614 bits per heavy atom. The maximum atomic E-state index is 12.7. The molecule has 0 spiro atoms. The highest BCUT2D eigenvalue weighted by atomic mass is 31.2. The van der Waals surface area contributed by atoms with Crippen LogP contribution < -0.4 is 0 Å². The molecule has 0 aliphatic carbocycles. The van der Waals surface area contributed by atoms with Crippen LogP contribution in [0.2, 0.25) is 0 Å². The van der Waals surface area contributed by atoms with Crippen molar-refractivity contribution < 1.29 is 46.8 Å². The number of phosphoric acid groups is 1. The van der Waals surface area contributed by atoms with Crippen molar-refractivity contribution >= 4 is 25.5 Å². The number of ketones is 1. The van der Waals surface area contributed by atoms with Crippen molar-refractivity contribution in [1.29, 1.82) is 0 Å². The van der Waals surface area contributed by atoms with Crippen LogP contribution >= 0.6 is 7.82 Å². The first-order valence-corrected chi connectivity index (χ1v) is 23.1. The molecule has 0 bridgehead atoms. The predicted molar refractivity (Wildman–Crippen MR) is 234 cm³/mol. The summed E-state index contributed by atoms with van der Waals surface area (Å²) in [5, 5.41) is 0. The van der Waals surface area contributed by atoms with Gasteiger partial charge >= 0.3 is 19.8 Å². The van der Waals surface area contributed by atoms with Crippen molar-refractivity contribution in [1.82, 2.24) is 0 Å². The molecule has 0 aromatic heterocycles. The Morgan fingerprint density at radius 2 is 1.16 bits per heavy atom. The fourth-order valence-corrected chi connectivity index (χ4v) is 6.02. The number of quaternary nitrogens is 1. The summed E-state index contributed by atoms with van der Waals surface area (Å²) < 4.78 is 34.2. The zero-order valence-electron chi connectivity index (χ0n) is 36.3. The van der Waals surface area contributed by atoms with E-state index in [0.29, 0.717) is 30.3 Å². The molecule has 0 heterocycles. The Hall–Kier alpha value is -2.88. The van der Waals surface area contributed by atoms with Gasteiger partial charge in [-0.2, -0.15) is 0 Å². The molecule has 0 rings (SSSR count). The molecule has 0 saturated heterocycles. The Bertz CT molecular complexity index is 1260. The lowest BCUT2D eigenvalue weighted by Crippen LogP contribution is -2.37. The molecule has 11 heteroatoms. The fraction of sp³-hybridized carbons (Fsp3) is 0.674. The summed E-state index contributed by atoms with van der Waals surface area (Å²) in [6, 6.07) is 0. The first kappa shape index (κ1) is 54.1. The average Bonchev–Trinajstić information content (AvgIpc) is 3.15. The minimum Gasteiger partial charge on any atom is -0.462 e. The number of hydrogen-bond acceptors (Lipinski definition) is 8. The largest absolute Gasteiger partial charge is 0.472 e. The van der Waals surface area contributed by atoms with Crippen LogP contribution in [0.15, 0.2) is 72.9 Å². The molecule has 0 amide bonds. The smallest absolute Gasteiger partial charge is 0.462 e. The maximum absolute atomic E-state index is 12.7. The van der Waals surface area contributed by atoms with E-state index in [9.17, 15) is 23.8 Å². The standard InChI is InChI=1S/C46H78NO9P/c1-6-8-10-12-14-15-16-17-18-19-20-21-22-23-25-29-34-38-46(50)56-44(42-55-57(51,52)54-40-39-47(3,4)5)41-53-45(49)37-33-30-26-28-32-36-43(48)35-31-27-24-13-11-9-7-2/h8,10,14-15,17-18,20-21,24,27,31,35,44H,6-7,9,11-13,16,19,22-23,25-26,28-30,32-34,36-42H2,1-5H3/p+1/b10-8-,15-14-,18-17-,21-20-,27-24-,35-31+/t44-/m1/s1. The van der Waals surface area contributed by atoms with Crippen LogP contribution in [-0.2, 0) is 37.5 Å². The normalized spacial score (nSPS) is 14.2. The monoisotopic (exact) mass is 821 g/mol. The van der Waals surface area contributed by atoms with Crippen molar-refractivity contribution in [3.05, 3.63) is 72.9 Å². The van der Waals surface area contributed by atoms with Crippen molar-refractivity contribution in [2.45, 2.75) is 155 Å². The van der Waals surface area contributed by atoms with Crippen LogP contribution in [0.3, 0.4) is 0 Å². The summed E-state index contributed by atoms with van der Waals surface area (Å²) >= 11 is 0. The van der Waals surface area contributed by atoms with Crippen LogP contribution in [0, 0.1) is 0 Å². The first-order chi connectivity index (χ1) is 27.4. The van der Waals surface area contributed by atoms with E-state index in [1.54, 1.807) is 6.08 Å². The van der Waals surface area contributed by atoms with Gasteiger partial charge < -0.3 is 18.9 Å². The molecule has 57 heavy (non-hydrogen) atoms. The van der Waals surface area contributed by atoms with E-state index in [1.165, 1.54) is 19.3 Å². The number of allylic oxidation sites excluding steroid dienone is 12. The number of rotatable bonds is 38. The molecule has 0 aliphatic rings. The zero-order valence-corrected chi connectivity index (χ0v) is 37.2. The SMILES string of the molecule is CC/C=C\C/C=C\C/C=C\C/C=C\CCCCCCC(=O)O[C@H](COC(=O)CCCCCCCC(=O)/C=C/C=C\CCCCC)COP(=O)(O)OCC[N+](C)(C)C. The molecule has 0 radical (unpaired) electrons. The highest BCUT2D eigenvalue weighted by Crippen LogP contribution is 2.43. The summed E-state index contributed by atoms with van der Waals surface area (Å²) in [4.78, 5) is 47.4. The summed E-state index contributed by atoms with van der Waals surface area (Å²) in [5.41, 5.74) is 0.